The van der Waals surface area contributed by atoms with E-state index >= 15 is 0 Å². The van der Waals surface area contributed by atoms with E-state index in [1.165, 1.54) is 0 Å². The molecule has 0 spiro atoms. The number of hydrogen-bond acceptors (Lipinski definition) is 5. The molecule has 150 valence electrons. The van der Waals surface area contributed by atoms with E-state index in [1.807, 2.05) is 35.8 Å². The molecule has 0 bridgehead atoms. The minimum Gasteiger partial charge on any atom is -0.376 e. The molecular formula is C22H25N5O2. The maximum Gasteiger partial charge on any atom is 0.265 e. The summed E-state index contributed by atoms with van der Waals surface area (Å²) in [5.74, 6) is 0.720. The summed E-state index contributed by atoms with van der Waals surface area (Å²) >= 11 is 0. The van der Waals surface area contributed by atoms with Crippen LogP contribution in [0.1, 0.15) is 45.0 Å². The lowest BCUT2D eigenvalue weighted by Crippen LogP contribution is -2.27. The first-order valence-corrected chi connectivity index (χ1v) is 10.4. The molecule has 0 unspecified atom stereocenters. The van der Waals surface area contributed by atoms with Gasteiger partial charge in [0.15, 0.2) is 11.3 Å². The predicted molar refractivity (Wildman–Crippen MR) is 113 cm³/mol. The van der Waals surface area contributed by atoms with Crippen molar-refractivity contribution in [3.8, 4) is 0 Å². The highest BCUT2D eigenvalue weighted by Gasteiger charge is 2.25. The highest BCUT2D eigenvalue weighted by atomic mass is 16.5. The highest BCUT2D eigenvalue weighted by Crippen LogP contribution is 2.28. The molecule has 7 nitrogen and oxygen atoms in total. The molecule has 1 saturated heterocycles. The largest absolute Gasteiger partial charge is 0.376 e. The lowest BCUT2D eigenvalue weighted by atomic mass is 10.2. The Bertz CT molecular complexity index is 1280. The van der Waals surface area contributed by atoms with Crippen LogP contribution in [0.25, 0.3) is 33.2 Å². The maximum absolute atomic E-state index is 13.6. The third kappa shape index (κ3) is 2.83. The summed E-state index contributed by atoms with van der Waals surface area (Å²) in [6.07, 6.45) is 3.03. The Hall–Kier alpha value is -2.80. The number of para-hydroxylation sites is 2. The Kier molecular flexibility index (Phi) is 4.35. The lowest BCUT2D eigenvalue weighted by Gasteiger charge is -2.16. The number of aryl methyl sites for hydroxylation is 1. The molecule has 0 amide bonds. The van der Waals surface area contributed by atoms with Gasteiger partial charge in [-0.1, -0.05) is 19.1 Å². The van der Waals surface area contributed by atoms with E-state index in [1.54, 1.807) is 4.57 Å². The minimum atomic E-state index is -0.0393. The van der Waals surface area contributed by atoms with Gasteiger partial charge in [-0.15, -0.1) is 0 Å². The molecule has 1 aromatic carbocycles. The standard InChI is InChI=1S/C22H25N5O2/c1-4-13(2)27-14(3)23-20-18(22(27)28)19-21(26(20)12-15-8-7-11-29-15)25-17-10-6-5-9-16(17)24-19/h5-6,9-10,13,15H,4,7-8,11-12H2,1-3H3/t13-,15+/m1/s1. The zero-order valence-electron chi connectivity index (χ0n) is 17.1. The number of hydrogen-bond donors (Lipinski definition) is 0. The van der Waals surface area contributed by atoms with Gasteiger partial charge in [-0.25, -0.2) is 15.0 Å². The van der Waals surface area contributed by atoms with Crippen LogP contribution >= 0.6 is 0 Å². The van der Waals surface area contributed by atoms with Gasteiger partial charge in [0.05, 0.1) is 23.7 Å². The molecule has 1 fully saturated rings. The molecule has 7 heteroatoms. The molecule has 3 aromatic heterocycles. The molecule has 0 radical (unpaired) electrons. The van der Waals surface area contributed by atoms with Gasteiger partial charge in [-0.3, -0.25) is 9.36 Å². The normalized spacial score (nSPS) is 18.2. The van der Waals surface area contributed by atoms with Gasteiger partial charge in [-0.2, -0.15) is 0 Å². The van der Waals surface area contributed by atoms with Gasteiger partial charge < -0.3 is 9.30 Å². The average Bonchev–Trinajstić information content (AvgIpc) is 3.33. The Morgan fingerprint density at radius 1 is 1.17 bits per heavy atom. The number of fused-ring (bicyclic) bond motifs is 4. The lowest BCUT2D eigenvalue weighted by molar-refractivity contribution is 0.0986. The summed E-state index contributed by atoms with van der Waals surface area (Å²) in [6.45, 7) is 7.44. The van der Waals surface area contributed by atoms with Crippen LogP contribution in [-0.4, -0.2) is 36.8 Å². The SMILES string of the molecule is CC[C@@H](C)n1c(C)nc2c(c1=O)c1nc3ccccc3nc1n2C[C@@H]1CCCO1. The van der Waals surface area contributed by atoms with E-state index in [0.29, 0.717) is 28.7 Å². The fraction of sp³-hybridized carbons (Fsp3) is 0.455. The molecule has 5 rings (SSSR count). The van der Waals surface area contributed by atoms with Gasteiger partial charge in [0.25, 0.3) is 5.56 Å². The second-order valence-electron chi connectivity index (χ2n) is 7.92. The molecule has 29 heavy (non-hydrogen) atoms. The average molecular weight is 391 g/mol. The molecule has 1 aliphatic rings. The van der Waals surface area contributed by atoms with Crippen molar-refractivity contribution < 1.29 is 4.74 Å². The van der Waals surface area contributed by atoms with E-state index in [-0.39, 0.29) is 17.7 Å². The van der Waals surface area contributed by atoms with Gasteiger partial charge in [0, 0.05) is 12.6 Å². The summed E-state index contributed by atoms with van der Waals surface area (Å²) in [6, 6.07) is 7.85. The summed E-state index contributed by atoms with van der Waals surface area (Å²) in [5.41, 5.74) is 3.56. The first-order chi connectivity index (χ1) is 14.1. The van der Waals surface area contributed by atoms with Gasteiger partial charge >= 0.3 is 0 Å². The van der Waals surface area contributed by atoms with Crippen LogP contribution in [0.15, 0.2) is 29.1 Å². The monoisotopic (exact) mass is 391 g/mol. The Balaban J connectivity index is 1.89. The summed E-state index contributed by atoms with van der Waals surface area (Å²) in [4.78, 5) is 28.1. The molecule has 0 N–H and O–H groups in total. The number of aromatic nitrogens is 5. The number of ether oxygens (including phenoxy) is 1. The molecule has 0 saturated carbocycles. The van der Waals surface area contributed by atoms with Crippen LogP contribution in [0.5, 0.6) is 0 Å². The van der Waals surface area contributed by atoms with Crippen LogP contribution in [-0.2, 0) is 11.3 Å². The quantitative estimate of drug-likeness (QED) is 0.530. The number of rotatable bonds is 4. The first kappa shape index (κ1) is 18.2. The van der Waals surface area contributed by atoms with Crippen LogP contribution in [0.3, 0.4) is 0 Å². The van der Waals surface area contributed by atoms with Crippen LogP contribution in [0.2, 0.25) is 0 Å². The highest BCUT2D eigenvalue weighted by molar-refractivity contribution is 6.04. The second-order valence-corrected chi connectivity index (χ2v) is 7.92. The Morgan fingerprint density at radius 2 is 1.93 bits per heavy atom. The fourth-order valence-electron chi connectivity index (χ4n) is 4.34. The van der Waals surface area contributed by atoms with Crippen molar-refractivity contribution in [1.29, 1.82) is 0 Å². The second kappa shape index (κ2) is 6.91. The predicted octanol–water partition coefficient (Wildman–Crippen LogP) is 3.75. The summed E-state index contributed by atoms with van der Waals surface area (Å²) < 4.78 is 9.70. The van der Waals surface area contributed by atoms with Gasteiger partial charge in [0.1, 0.15) is 16.7 Å². The molecule has 4 aromatic rings. The van der Waals surface area contributed by atoms with Gasteiger partial charge in [0.2, 0.25) is 0 Å². The maximum atomic E-state index is 13.6. The van der Waals surface area contributed by atoms with Gasteiger partial charge in [-0.05, 0) is 45.2 Å². The van der Waals surface area contributed by atoms with E-state index in [0.717, 1.165) is 42.7 Å². The first-order valence-electron chi connectivity index (χ1n) is 10.4. The van der Waals surface area contributed by atoms with E-state index < -0.39 is 0 Å². The third-order valence-corrected chi connectivity index (χ3v) is 6.01. The Labute approximate surface area is 168 Å². The fourth-order valence-corrected chi connectivity index (χ4v) is 4.34. The van der Waals surface area contributed by atoms with E-state index in [2.05, 4.69) is 13.8 Å². The van der Waals surface area contributed by atoms with E-state index in [4.69, 9.17) is 19.7 Å². The topological polar surface area (TPSA) is 74.8 Å². The zero-order chi connectivity index (χ0) is 20.1. The Morgan fingerprint density at radius 3 is 2.62 bits per heavy atom. The van der Waals surface area contributed by atoms with Crippen LogP contribution < -0.4 is 5.56 Å². The van der Waals surface area contributed by atoms with Crippen molar-refractivity contribution in [3.05, 3.63) is 40.4 Å². The summed E-state index contributed by atoms with van der Waals surface area (Å²) in [5, 5.41) is 0.558. The molecule has 2 atom stereocenters. The molecule has 1 aliphatic heterocycles. The van der Waals surface area contributed by atoms with Crippen molar-refractivity contribution in [2.75, 3.05) is 6.61 Å². The van der Waals surface area contributed by atoms with Crippen molar-refractivity contribution in [3.63, 3.8) is 0 Å². The molecular weight excluding hydrogens is 366 g/mol. The van der Waals surface area contributed by atoms with Crippen molar-refractivity contribution >= 4 is 33.2 Å². The number of benzene rings is 1. The van der Waals surface area contributed by atoms with Crippen LogP contribution in [0.4, 0.5) is 0 Å². The molecule has 0 aliphatic carbocycles. The third-order valence-electron chi connectivity index (χ3n) is 6.01. The summed E-state index contributed by atoms with van der Waals surface area (Å²) in [7, 11) is 0. The van der Waals surface area contributed by atoms with Crippen molar-refractivity contribution in [1.82, 2.24) is 24.1 Å². The smallest absolute Gasteiger partial charge is 0.265 e. The van der Waals surface area contributed by atoms with Crippen molar-refractivity contribution in [2.45, 2.75) is 58.7 Å². The molecule has 4 heterocycles. The number of nitrogens with zero attached hydrogens (tertiary/aromatic N) is 5. The minimum absolute atomic E-state index is 0.0393. The van der Waals surface area contributed by atoms with E-state index in [9.17, 15) is 4.79 Å². The van der Waals surface area contributed by atoms with Crippen LogP contribution in [0, 0.1) is 6.92 Å². The van der Waals surface area contributed by atoms with Crippen molar-refractivity contribution in [2.24, 2.45) is 0 Å². The zero-order valence-corrected chi connectivity index (χ0v) is 17.1.